The number of nitrogens with zero attached hydrogens (tertiary/aromatic N) is 1. The lowest BCUT2D eigenvalue weighted by atomic mass is 10.0. The second-order valence-electron chi connectivity index (χ2n) is 4.74. The summed E-state index contributed by atoms with van der Waals surface area (Å²) in [5, 5.41) is 3.00. The summed E-state index contributed by atoms with van der Waals surface area (Å²) in [5.74, 6) is -0.0246. The number of halogens is 1. The van der Waals surface area contributed by atoms with Gasteiger partial charge in [0.2, 0.25) is 5.91 Å². The first-order chi connectivity index (χ1) is 9.19. The third-order valence-corrected chi connectivity index (χ3v) is 3.80. The summed E-state index contributed by atoms with van der Waals surface area (Å²) in [6.45, 7) is 2.08. The van der Waals surface area contributed by atoms with Crippen LogP contribution < -0.4 is 10.2 Å². The SMILES string of the molecule is COCC(=O)NC1CCN(c2cccc(Br)c2)CC1. The van der Waals surface area contributed by atoms with E-state index in [1.54, 1.807) is 0 Å². The summed E-state index contributed by atoms with van der Waals surface area (Å²) in [6.07, 6.45) is 1.95. The van der Waals surface area contributed by atoms with Crippen molar-refractivity contribution in [3.63, 3.8) is 0 Å². The van der Waals surface area contributed by atoms with Crippen LogP contribution in [-0.4, -0.2) is 38.8 Å². The number of hydrogen-bond acceptors (Lipinski definition) is 3. The Labute approximate surface area is 122 Å². The van der Waals surface area contributed by atoms with E-state index >= 15 is 0 Å². The lowest BCUT2D eigenvalue weighted by Gasteiger charge is -2.34. The molecule has 2 rings (SSSR count). The third kappa shape index (κ3) is 4.21. The molecule has 1 aromatic carbocycles. The number of anilines is 1. The van der Waals surface area contributed by atoms with Crippen molar-refractivity contribution in [3.8, 4) is 0 Å². The maximum atomic E-state index is 11.5. The van der Waals surface area contributed by atoms with Crippen LogP contribution in [0.3, 0.4) is 0 Å². The first-order valence-corrected chi connectivity index (χ1v) is 7.27. The van der Waals surface area contributed by atoms with Gasteiger partial charge in [-0.25, -0.2) is 0 Å². The lowest BCUT2D eigenvalue weighted by Crippen LogP contribution is -2.45. The van der Waals surface area contributed by atoms with E-state index in [9.17, 15) is 4.79 Å². The van der Waals surface area contributed by atoms with Crippen molar-refractivity contribution in [1.82, 2.24) is 5.32 Å². The van der Waals surface area contributed by atoms with E-state index in [2.05, 4.69) is 38.3 Å². The minimum Gasteiger partial charge on any atom is -0.375 e. The molecule has 19 heavy (non-hydrogen) atoms. The van der Waals surface area contributed by atoms with Crippen LogP contribution in [0.5, 0.6) is 0 Å². The number of amides is 1. The molecule has 1 N–H and O–H groups in total. The fourth-order valence-corrected chi connectivity index (χ4v) is 2.74. The molecule has 5 heteroatoms. The Morgan fingerprint density at radius 1 is 1.47 bits per heavy atom. The Morgan fingerprint density at radius 2 is 2.21 bits per heavy atom. The highest BCUT2D eigenvalue weighted by molar-refractivity contribution is 9.10. The summed E-state index contributed by atoms with van der Waals surface area (Å²) >= 11 is 3.49. The topological polar surface area (TPSA) is 41.6 Å². The van der Waals surface area contributed by atoms with Gasteiger partial charge in [0.05, 0.1) is 0 Å². The predicted molar refractivity (Wildman–Crippen MR) is 79.4 cm³/mol. The molecular formula is C14H19BrN2O2. The van der Waals surface area contributed by atoms with E-state index in [1.807, 2.05) is 12.1 Å². The van der Waals surface area contributed by atoms with Crippen molar-refractivity contribution >= 4 is 27.5 Å². The number of hydrogen-bond donors (Lipinski definition) is 1. The van der Waals surface area contributed by atoms with Crippen LogP contribution in [0.1, 0.15) is 12.8 Å². The molecule has 4 nitrogen and oxygen atoms in total. The number of piperidine rings is 1. The minimum absolute atomic E-state index is 0.0246. The molecule has 0 aliphatic carbocycles. The molecule has 1 fully saturated rings. The molecular weight excluding hydrogens is 308 g/mol. The van der Waals surface area contributed by atoms with Crippen molar-refractivity contribution in [3.05, 3.63) is 28.7 Å². The number of rotatable bonds is 4. The Kier molecular flexibility index (Phi) is 5.22. The first-order valence-electron chi connectivity index (χ1n) is 6.48. The molecule has 1 saturated heterocycles. The van der Waals surface area contributed by atoms with E-state index in [-0.39, 0.29) is 18.6 Å². The first kappa shape index (κ1) is 14.3. The van der Waals surface area contributed by atoms with Crippen molar-refractivity contribution < 1.29 is 9.53 Å². The summed E-state index contributed by atoms with van der Waals surface area (Å²) < 4.78 is 5.92. The van der Waals surface area contributed by atoms with Gasteiger partial charge in [-0.3, -0.25) is 4.79 Å². The summed E-state index contributed by atoms with van der Waals surface area (Å²) in [4.78, 5) is 13.8. The van der Waals surface area contributed by atoms with E-state index in [0.717, 1.165) is 30.4 Å². The second kappa shape index (κ2) is 6.91. The van der Waals surface area contributed by atoms with Crippen LogP contribution in [0.15, 0.2) is 28.7 Å². The largest absolute Gasteiger partial charge is 0.375 e. The van der Waals surface area contributed by atoms with Crippen LogP contribution in [0.2, 0.25) is 0 Å². The zero-order valence-electron chi connectivity index (χ0n) is 11.1. The van der Waals surface area contributed by atoms with Crippen LogP contribution in [0.25, 0.3) is 0 Å². The fraction of sp³-hybridized carbons (Fsp3) is 0.500. The highest BCUT2D eigenvalue weighted by Crippen LogP contribution is 2.23. The number of carbonyl (C=O) groups excluding carboxylic acids is 1. The van der Waals surface area contributed by atoms with Crippen LogP contribution in [0, 0.1) is 0 Å². The van der Waals surface area contributed by atoms with Gasteiger partial charge in [-0.15, -0.1) is 0 Å². The van der Waals surface area contributed by atoms with Gasteiger partial charge in [0.15, 0.2) is 0 Å². The second-order valence-corrected chi connectivity index (χ2v) is 5.66. The molecule has 0 spiro atoms. The maximum absolute atomic E-state index is 11.5. The number of methoxy groups -OCH3 is 1. The molecule has 1 aromatic rings. The summed E-state index contributed by atoms with van der Waals surface area (Å²) in [6, 6.07) is 8.59. The fourth-order valence-electron chi connectivity index (χ4n) is 2.36. The maximum Gasteiger partial charge on any atom is 0.246 e. The number of nitrogens with one attached hydrogen (secondary N) is 1. The molecule has 104 valence electrons. The van der Waals surface area contributed by atoms with Gasteiger partial charge >= 0.3 is 0 Å². The molecule has 1 aliphatic heterocycles. The molecule has 0 bridgehead atoms. The predicted octanol–water partition coefficient (Wildman–Crippen LogP) is 2.18. The van der Waals surface area contributed by atoms with Crippen molar-refractivity contribution in [2.24, 2.45) is 0 Å². The molecule has 1 heterocycles. The van der Waals surface area contributed by atoms with E-state index < -0.39 is 0 Å². The van der Waals surface area contributed by atoms with Crippen LogP contribution in [-0.2, 0) is 9.53 Å². The van der Waals surface area contributed by atoms with E-state index in [1.165, 1.54) is 12.8 Å². The van der Waals surface area contributed by atoms with Crippen molar-refractivity contribution in [2.45, 2.75) is 18.9 Å². The Bertz CT molecular complexity index is 431. The highest BCUT2D eigenvalue weighted by Gasteiger charge is 2.20. The van der Waals surface area contributed by atoms with Gasteiger partial charge in [-0.2, -0.15) is 0 Å². The van der Waals surface area contributed by atoms with Gasteiger partial charge in [0.25, 0.3) is 0 Å². The quantitative estimate of drug-likeness (QED) is 0.922. The minimum atomic E-state index is -0.0246. The monoisotopic (exact) mass is 326 g/mol. The summed E-state index contributed by atoms with van der Waals surface area (Å²) in [5.41, 5.74) is 1.23. The smallest absolute Gasteiger partial charge is 0.246 e. The Morgan fingerprint density at radius 3 is 2.84 bits per heavy atom. The molecule has 0 saturated carbocycles. The Balaban J connectivity index is 1.84. The average Bonchev–Trinajstić information content (AvgIpc) is 2.40. The van der Waals surface area contributed by atoms with Gasteiger partial charge < -0.3 is 15.0 Å². The van der Waals surface area contributed by atoms with Crippen molar-refractivity contribution in [2.75, 3.05) is 31.7 Å². The molecule has 0 aromatic heterocycles. The zero-order valence-corrected chi connectivity index (χ0v) is 12.6. The van der Waals surface area contributed by atoms with E-state index in [0.29, 0.717) is 0 Å². The number of benzene rings is 1. The average molecular weight is 327 g/mol. The molecule has 1 amide bonds. The van der Waals surface area contributed by atoms with Gasteiger partial charge in [-0.05, 0) is 31.0 Å². The molecule has 0 unspecified atom stereocenters. The van der Waals surface area contributed by atoms with Crippen molar-refractivity contribution in [1.29, 1.82) is 0 Å². The standard InChI is InChI=1S/C14H19BrN2O2/c1-19-10-14(18)16-12-5-7-17(8-6-12)13-4-2-3-11(15)9-13/h2-4,9,12H,5-8,10H2,1H3,(H,16,18). The van der Waals surface area contributed by atoms with Gasteiger partial charge in [0.1, 0.15) is 6.61 Å². The van der Waals surface area contributed by atoms with E-state index in [4.69, 9.17) is 4.74 Å². The molecule has 0 atom stereocenters. The zero-order chi connectivity index (χ0) is 13.7. The van der Waals surface area contributed by atoms with Gasteiger partial charge in [0, 0.05) is 36.4 Å². The Hall–Kier alpha value is -1.07. The molecule has 0 radical (unpaired) electrons. The highest BCUT2D eigenvalue weighted by atomic mass is 79.9. The number of ether oxygens (including phenoxy) is 1. The van der Waals surface area contributed by atoms with Crippen LogP contribution in [0.4, 0.5) is 5.69 Å². The lowest BCUT2D eigenvalue weighted by molar-refractivity contribution is -0.125. The third-order valence-electron chi connectivity index (χ3n) is 3.31. The number of carbonyl (C=O) groups is 1. The summed E-state index contributed by atoms with van der Waals surface area (Å²) in [7, 11) is 1.54. The normalized spacial score (nSPS) is 16.4. The van der Waals surface area contributed by atoms with Crippen LogP contribution >= 0.6 is 15.9 Å². The van der Waals surface area contributed by atoms with Gasteiger partial charge in [-0.1, -0.05) is 22.0 Å². The molecule has 1 aliphatic rings.